The molecule has 7 nitrogen and oxygen atoms in total. The van der Waals surface area contributed by atoms with Gasteiger partial charge in [-0.3, -0.25) is 9.59 Å². The molecule has 2 N–H and O–H groups in total. The number of hydrogen-bond acceptors (Lipinski definition) is 7. The van der Waals surface area contributed by atoms with E-state index < -0.39 is 0 Å². The van der Waals surface area contributed by atoms with Crippen LogP contribution in [-0.2, 0) is 9.53 Å². The van der Waals surface area contributed by atoms with Gasteiger partial charge in [-0.1, -0.05) is 17.4 Å². The highest BCUT2D eigenvalue weighted by Crippen LogP contribution is 2.34. The van der Waals surface area contributed by atoms with E-state index in [1.807, 2.05) is 6.07 Å². The lowest BCUT2D eigenvalue weighted by Gasteiger charge is -2.16. The molecule has 0 radical (unpaired) electrons. The Morgan fingerprint density at radius 2 is 1.82 bits per heavy atom. The quantitative estimate of drug-likeness (QED) is 0.577. The van der Waals surface area contributed by atoms with E-state index in [0.717, 1.165) is 27.8 Å². The molecule has 0 fully saturated rings. The summed E-state index contributed by atoms with van der Waals surface area (Å²) in [5.41, 5.74) is 1.20. The van der Waals surface area contributed by atoms with Gasteiger partial charge in [0.15, 0.2) is 5.13 Å². The lowest BCUT2D eigenvalue weighted by molar-refractivity contribution is -0.119. The average Bonchev–Trinajstić information content (AvgIpc) is 3.22. The molecule has 0 aliphatic rings. The highest BCUT2D eigenvalue weighted by molar-refractivity contribution is 7.29. The number of nitrogens with one attached hydrogen (secondary N) is 2. The van der Waals surface area contributed by atoms with Crippen LogP contribution >= 0.6 is 22.7 Å². The molecule has 0 unspecified atom stereocenters. The van der Waals surface area contributed by atoms with E-state index in [4.69, 9.17) is 4.74 Å². The second-order valence-electron chi connectivity index (χ2n) is 5.96. The van der Waals surface area contributed by atoms with Gasteiger partial charge in [-0.05, 0) is 38.1 Å². The van der Waals surface area contributed by atoms with Crippen LogP contribution in [0.15, 0.2) is 30.3 Å². The summed E-state index contributed by atoms with van der Waals surface area (Å²) in [6.07, 6.45) is 0. The number of amides is 2. The molecule has 2 amide bonds. The Labute approximate surface area is 171 Å². The van der Waals surface area contributed by atoms with E-state index in [-0.39, 0.29) is 18.4 Å². The van der Waals surface area contributed by atoms with Crippen molar-refractivity contribution in [2.45, 2.75) is 13.8 Å². The zero-order chi connectivity index (χ0) is 20.1. The van der Waals surface area contributed by atoms with E-state index in [0.29, 0.717) is 16.3 Å². The zero-order valence-electron chi connectivity index (χ0n) is 15.9. The minimum absolute atomic E-state index is 0.0228. The predicted octanol–water partition coefficient (Wildman–Crippen LogP) is 4.04. The van der Waals surface area contributed by atoms with Crippen molar-refractivity contribution >= 4 is 60.5 Å². The van der Waals surface area contributed by atoms with Crippen LogP contribution in [0.3, 0.4) is 0 Å². The number of methoxy groups -OCH3 is 1. The van der Waals surface area contributed by atoms with E-state index in [1.165, 1.54) is 18.4 Å². The van der Waals surface area contributed by atoms with Crippen LogP contribution in [-0.4, -0.2) is 43.6 Å². The highest BCUT2D eigenvalue weighted by atomic mass is 32.1. The van der Waals surface area contributed by atoms with Gasteiger partial charge in [0.2, 0.25) is 5.91 Å². The third-order valence-electron chi connectivity index (χ3n) is 4.02. The molecule has 3 rings (SSSR count). The first kappa shape index (κ1) is 20.2. The first-order chi connectivity index (χ1) is 13.5. The normalized spacial score (nSPS) is 10.8. The largest absolute Gasteiger partial charge is 0.375 e. The second-order valence-corrected chi connectivity index (χ2v) is 8.00. The van der Waals surface area contributed by atoms with Crippen LogP contribution in [0.2, 0.25) is 0 Å². The lowest BCUT2D eigenvalue weighted by Crippen LogP contribution is -2.21. The molecular formula is C19H22N4O3S2. The van der Waals surface area contributed by atoms with Gasteiger partial charge in [0, 0.05) is 31.6 Å². The van der Waals surface area contributed by atoms with Gasteiger partial charge in [-0.25, -0.2) is 4.98 Å². The number of ether oxygens (including phenoxy) is 1. The van der Waals surface area contributed by atoms with E-state index in [1.54, 1.807) is 35.6 Å². The minimum Gasteiger partial charge on any atom is -0.375 e. The molecule has 0 atom stereocenters. The lowest BCUT2D eigenvalue weighted by atomic mass is 10.2. The number of aromatic nitrogens is 1. The Bertz CT molecular complexity index is 947. The van der Waals surface area contributed by atoms with Gasteiger partial charge in [0.25, 0.3) is 5.91 Å². The minimum atomic E-state index is -0.250. The highest BCUT2D eigenvalue weighted by Gasteiger charge is 2.16. The van der Waals surface area contributed by atoms with E-state index in [2.05, 4.69) is 34.4 Å². The van der Waals surface area contributed by atoms with Crippen molar-refractivity contribution in [1.82, 2.24) is 4.98 Å². The first-order valence-electron chi connectivity index (χ1n) is 8.89. The molecule has 9 heteroatoms. The van der Waals surface area contributed by atoms with Crippen LogP contribution in [0, 0.1) is 0 Å². The fraction of sp³-hybridized carbons (Fsp3) is 0.316. The smallest absolute Gasteiger partial charge is 0.265 e. The first-order valence-corrected chi connectivity index (χ1v) is 10.5. The summed E-state index contributed by atoms with van der Waals surface area (Å²) in [5, 5.41) is 6.57. The van der Waals surface area contributed by atoms with Crippen LogP contribution in [0.4, 0.5) is 16.5 Å². The topological polar surface area (TPSA) is 83.6 Å². The van der Waals surface area contributed by atoms with Gasteiger partial charge >= 0.3 is 0 Å². The summed E-state index contributed by atoms with van der Waals surface area (Å²) in [4.78, 5) is 32.6. The molecule has 0 spiro atoms. The molecule has 2 aromatic heterocycles. The van der Waals surface area contributed by atoms with Crippen molar-refractivity contribution in [2.75, 3.05) is 42.3 Å². The molecule has 0 bridgehead atoms. The SMILES string of the molecule is CCN(CC)c1nc2sc(C(=O)Nc3cccc(NC(=O)COC)c3)cc2s1. The Kier molecular flexibility index (Phi) is 6.61. The summed E-state index contributed by atoms with van der Waals surface area (Å²) < 4.78 is 5.81. The van der Waals surface area contributed by atoms with E-state index in [9.17, 15) is 9.59 Å². The van der Waals surface area contributed by atoms with Crippen molar-refractivity contribution in [2.24, 2.45) is 0 Å². The maximum Gasteiger partial charge on any atom is 0.265 e. The maximum atomic E-state index is 12.6. The number of hydrogen-bond donors (Lipinski definition) is 2. The number of anilines is 3. The number of thiophene rings is 1. The van der Waals surface area contributed by atoms with E-state index >= 15 is 0 Å². The average molecular weight is 419 g/mol. The second kappa shape index (κ2) is 9.13. The predicted molar refractivity (Wildman–Crippen MR) is 116 cm³/mol. The summed E-state index contributed by atoms with van der Waals surface area (Å²) in [6, 6.07) is 8.88. The van der Waals surface area contributed by atoms with Crippen LogP contribution in [0.25, 0.3) is 9.53 Å². The van der Waals surface area contributed by atoms with Crippen molar-refractivity contribution in [3.05, 3.63) is 35.2 Å². The third kappa shape index (κ3) is 4.67. The molecule has 1 aromatic carbocycles. The van der Waals surface area contributed by atoms with Gasteiger partial charge in [-0.15, -0.1) is 11.3 Å². The van der Waals surface area contributed by atoms with Gasteiger partial charge in [-0.2, -0.15) is 0 Å². The Morgan fingerprint density at radius 1 is 1.11 bits per heavy atom. The number of fused-ring (bicyclic) bond motifs is 1. The number of thiazole rings is 1. The molecule has 0 aliphatic carbocycles. The summed E-state index contributed by atoms with van der Waals surface area (Å²) in [7, 11) is 1.46. The van der Waals surface area contributed by atoms with Crippen molar-refractivity contribution in [3.8, 4) is 0 Å². The molecule has 0 aliphatic heterocycles. The number of rotatable bonds is 8. The molecule has 0 saturated heterocycles. The fourth-order valence-corrected chi connectivity index (χ4v) is 4.89. The number of benzene rings is 1. The Hall–Kier alpha value is -2.49. The number of nitrogens with zero attached hydrogens (tertiary/aromatic N) is 2. The summed E-state index contributed by atoms with van der Waals surface area (Å²) >= 11 is 2.98. The maximum absolute atomic E-state index is 12.6. The van der Waals surface area contributed by atoms with Crippen molar-refractivity contribution < 1.29 is 14.3 Å². The number of carbonyl (C=O) groups is 2. The van der Waals surface area contributed by atoms with Crippen molar-refractivity contribution in [3.63, 3.8) is 0 Å². The molecule has 28 heavy (non-hydrogen) atoms. The third-order valence-corrected chi connectivity index (χ3v) is 6.24. The summed E-state index contributed by atoms with van der Waals surface area (Å²) in [5.74, 6) is -0.445. The molecule has 2 heterocycles. The Morgan fingerprint density at radius 3 is 2.46 bits per heavy atom. The standard InChI is InChI=1S/C19H22N4O3S2/c1-4-23(5-2)19-22-18-15(28-19)10-14(27-18)17(25)21-13-8-6-7-12(9-13)20-16(24)11-26-3/h6-10H,4-5,11H2,1-3H3,(H,20,24)(H,21,25). The van der Waals surface area contributed by atoms with Crippen LogP contribution in [0.1, 0.15) is 23.5 Å². The van der Waals surface area contributed by atoms with Crippen molar-refractivity contribution in [1.29, 1.82) is 0 Å². The van der Waals surface area contributed by atoms with Gasteiger partial charge in [0.05, 0.1) is 9.58 Å². The van der Waals surface area contributed by atoms with Gasteiger partial charge < -0.3 is 20.3 Å². The van der Waals surface area contributed by atoms with Crippen LogP contribution < -0.4 is 15.5 Å². The Balaban J connectivity index is 1.71. The molecule has 3 aromatic rings. The molecular weight excluding hydrogens is 396 g/mol. The number of carbonyl (C=O) groups excluding carboxylic acids is 2. The molecule has 148 valence electrons. The zero-order valence-corrected chi connectivity index (χ0v) is 17.6. The monoisotopic (exact) mass is 418 g/mol. The molecule has 0 saturated carbocycles. The summed E-state index contributed by atoms with van der Waals surface area (Å²) in [6.45, 7) is 5.99. The van der Waals surface area contributed by atoms with Gasteiger partial charge in [0.1, 0.15) is 11.4 Å². The fourth-order valence-electron chi connectivity index (χ4n) is 2.66. The van der Waals surface area contributed by atoms with Crippen LogP contribution in [0.5, 0.6) is 0 Å².